The summed E-state index contributed by atoms with van der Waals surface area (Å²) in [6.45, 7) is 4.40. The molecule has 270 valence electrons. The van der Waals surface area contributed by atoms with E-state index in [0.29, 0.717) is 52.7 Å². The van der Waals surface area contributed by atoms with Gasteiger partial charge >= 0.3 is 5.97 Å². The molecule has 0 saturated carbocycles. The molecule has 3 aromatic carbocycles. The van der Waals surface area contributed by atoms with Crippen LogP contribution in [0.4, 0.5) is 0 Å². The molecule has 4 aromatic rings. The van der Waals surface area contributed by atoms with Crippen molar-refractivity contribution in [3.63, 3.8) is 0 Å². The summed E-state index contributed by atoms with van der Waals surface area (Å²) >= 11 is 6.67. The van der Waals surface area contributed by atoms with E-state index in [0.717, 1.165) is 48.2 Å². The van der Waals surface area contributed by atoms with E-state index in [4.69, 9.17) is 25.8 Å². The van der Waals surface area contributed by atoms with Gasteiger partial charge in [-0.25, -0.2) is 0 Å². The molecule has 0 bridgehead atoms. The number of carbonyl (C=O) groups is 1. The Morgan fingerprint density at radius 3 is 2.54 bits per heavy atom. The number of nitrogens with zero attached hydrogens (tertiary/aromatic N) is 4. The highest BCUT2D eigenvalue weighted by Crippen LogP contribution is 2.36. The number of carboxylic acids is 1. The van der Waals surface area contributed by atoms with E-state index in [9.17, 15) is 30.6 Å². The van der Waals surface area contributed by atoms with Crippen molar-refractivity contribution in [1.29, 1.82) is 10.5 Å². The summed E-state index contributed by atoms with van der Waals surface area (Å²) in [7, 11) is 0. The van der Waals surface area contributed by atoms with E-state index in [1.807, 2.05) is 43.3 Å². The van der Waals surface area contributed by atoms with Crippen LogP contribution >= 0.6 is 11.6 Å². The SMILES string of the molecule is Cc1c(COc2cc(OCc3cncc(C#N)c3)c(CNC(CO)C(=O)O)cc2Cl)cccc1-c1cccc(OCCCN2CC[C@@H](O)C2)c1C#N. The predicted octanol–water partition coefficient (Wildman–Crippen LogP) is 4.98. The molecule has 0 radical (unpaired) electrons. The van der Waals surface area contributed by atoms with Crippen molar-refractivity contribution in [2.24, 2.45) is 0 Å². The van der Waals surface area contributed by atoms with Crippen LogP contribution in [-0.2, 0) is 24.6 Å². The molecule has 5 rings (SSSR count). The number of aliphatic hydroxyl groups is 2. The van der Waals surface area contributed by atoms with Gasteiger partial charge in [0.15, 0.2) is 0 Å². The van der Waals surface area contributed by atoms with E-state index < -0.39 is 18.6 Å². The maximum Gasteiger partial charge on any atom is 0.323 e. The Morgan fingerprint density at radius 2 is 1.81 bits per heavy atom. The lowest BCUT2D eigenvalue weighted by Crippen LogP contribution is -2.39. The number of ether oxygens (including phenoxy) is 3. The molecule has 1 saturated heterocycles. The topological polar surface area (TPSA) is 181 Å². The molecular weight excluding hydrogens is 686 g/mol. The molecule has 52 heavy (non-hydrogen) atoms. The fourth-order valence-electron chi connectivity index (χ4n) is 5.97. The maximum absolute atomic E-state index is 11.5. The Morgan fingerprint density at radius 1 is 1.02 bits per heavy atom. The molecule has 1 aliphatic heterocycles. The summed E-state index contributed by atoms with van der Waals surface area (Å²) in [5.41, 5.74) is 5.36. The fourth-order valence-corrected chi connectivity index (χ4v) is 6.22. The van der Waals surface area contributed by atoms with Gasteiger partial charge in [-0.1, -0.05) is 41.9 Å². The van der Waals surface area contributed by atoms with Crippen LogP contribution in [0.2, 0.25) is 5.02 Å². The Labute approximate surface area is 307 Å². The summed E-state index contributed by atoms with van der Waals surface area (Å²) in [4.78, 5) is 17.8. The summed E-state index contributed by atoms with van der Waals surface area (Å²) in [5.74, 6) is -0.0117. The van der Waals surface area contributed by atoms with Crippen molar-refractivity contribution in [1.82, 2.24) is 15.2 Å². The highest BCUT2D eigenvalue weighted by atomic mass is 35.5. The normalized spacial score (nSPS) is 14.7. The third-order valence-electron chi connectivity index (χ3n) is 8.83. The van der Waals surface area contributed by atoms with Gasteiger partial charge in [0.2, 0.25) is 0 Å². The van der Waals surface area contributed by atoms with Crippen molar-refractivity contribution in [2.75, 3.05) is 32.8 Å². The quantitative estimate of drug-likeness (QED) is 0.107. The van der Waals surface area contributed by atoms with Gasteiger partial charge in [0.25, 0.3) is 0 Å². The van der Waals surface area contributed by atoms with Crippen LogP contribution in [0, 0.1) is 29.6 Å². The van der Waals surface area contributed by atoms with Gasteiger partial charge in [-0.15, -0.1) is 0 Å². The van der Waals surface area contributed by atoms with Crippen LogP contribution in [0.25, 0.3) is 11.1 Å². The minimum absolute atomic E-state index is 0.0249. The Balaban J connectivity index is 1.33. The number of nitriles is 2. The van der Waals surface area contributed by atoms with Crippen molar-refractivity contribution in [2.45, 2.75) is 51.7 Å². The standard InChI is InChI=1S/C39H40ClN5O7/c1-25-28(5-2-6-31(25)32-7-3-8-36(33(32)17-42)50-12-4-10-45-11-9-30(47)21-45)24-52-38-15-37(51-23-27-13-26(16-41)18-43-19-27)29(14-34(38)40)20-44-35(22-46)39(48)49/h2-3,5-8,13-15,18-19,30,35,44,46-47H,4,9-12,20-24H2,1H3,(H,48,49)/t30-,35?/m1/s1. The molecule has 1 aliphatic rings. The number of aliphatic hydroxyl groups excluding tert-OH is 2. The first-order chi connectivity index (χ1) is 25.2. The monoisotopic (exact) mass is 725 g/mol. The van der Waals surface area contributed by atoms with Gasteiger partial charge in [-0.2, -0.15) is 10.5 Å². The fraction of sp³-hybridized carbons (Fsp3) is 0.333. The summed E-state index contributed by atoms with van der Waals surface area (Å²) in [6.07, 6.45) is 4.33. The Kier molecular flexibility index (Phi) is 13.4. The number of pyridine rings is 1. The molecule has 0 spiro atoms. The second-order valence-corrected chi connectivity index (χ2v) is 12.8. The zero-order valence-corrected chi connectivity index (χ0v) is 29.5. The molecule has 1 fully saturated rings. The third kappa shape index (κ3) is 9.76. The molecule has 0 amide bonds. The van der Waals surface area contributed by atoms with Crippen LogP contribution < -0.4 is 19.5 Å². The molecule has 1 unspecified atom stereocenters. The van der Waals surface area contributed by atoms with E-state index in [1.54, 1.807) is 30.5 Å². The Bertz CT molecular complexity index is 1960. The van der Waals surface area contributed by atoms with E-state index in [1.165, 1.54) is 6.20 Å². The first kappa shape index (κ1) is 38.0. The molecule has 13 heteroatoms. The lowest BCUT2D eigenvalue weighted by molar-refractivity contribution is -0.140. The van der Waals surface area contributed by atoms with Gasteiger partial charge in [0.1, 0.15) is 54.2 Å². The summed E-state index contributed by atoms with van der Waals surface area (Å²) < 4.78 is 18.4. The average molecular weight is 726 g/mol. The van der Waals surface area contributed by atoms with Crippen LogP contribution in [0.5, 0.6) is 17.2 Å². The van der Waals surface area contributed by atoms with Crippen LogP contribution in [0.15, 0.2) is 67.0 Å². The predicted molar refractivity (Wildman–Crippen MR) is 193 cm³/mol. The highest BCUT2D eigenvalue weighted by Gasteiger charge is 2.21. The number of nitrogens with one attached hydrogen (secondary N) is 1. The molecule has 2 atom stereocenters. The highest BCUT2D eigenvalue weighted by molar-refractivity contribution is 6.32. The number of aliphatic carboxylic acids is 1. The number of aromatic nitrogens is 1. The van der Waals surface area contributed by atoms with E-state index in [-0.39, 0.29) is 30.9 Å². The van der Waals surface area contributed by atoms with Gasteiger partial charge < -0.3 is 34.4 Å². The number of halogens is 1. The number of carboxylic acid groups (broad SMARTS) is 1. The Hall–Kier alpha value is -5.21. The molecule has 2 heterocycles. The first-order valence-electron chi connectivity index (χ1n) is 16.8. The maximum atomic E-state index is 11.5. The molecule has 0 aliphatic carbocycles. The smallest absolute Gasteiger partial charge is 0.323 e. The summed E-state index contributed by atoms with van der Waals surface area (Å²) in [6, 6.07) is 19.4. The van der Waals surface area contributed by atoms with E-state index >= 15 is 0 Å². The minimum atomic E-state index is -1.20. The number of benzene rings is 3. The van der Waals surface area contributed by atoms with Crippen molar-refractivity contribution < 1.29 is 34.3 Å². The molecule has 12 nitrogen and oxygen atoms in total. The zero-order valence-electron chi connectivity index (χ0n) is 28.7. The largest absolute Gasteiger partial charge is 0.492 e. The van der Waals surface area contributed by atoms with Crippen LogP contribution in [0.3, 0.4) is 0 Å². The van der Waals surface area contributed by atoms with Gasteiger partial charge in [0, 0.05) is 61.3 Å². The summed E-state index contributed by atoms with van der Waals surface area (Å²) in [5, 5.41) is 51.1. The van der Waals surface area contributed by atoms with Crippen molar-refractivity contribution in [3.05, 3.63) is 105 Å². The number of rotatable bonds is 17. The lowest BCUT2D eigenvalue weighted by Gasteiger charge is -2.19. The van der Waals surface area contributed by atoms with Crippen LogP contribution in [-0.4, -0.2) is 76.2 Å². The molecule has 1 aromatic heterocycles. The minimum Gasteiger partial charge on any atom is -0.492 e. The number of hydrogen-bond acceptors (Lipinski definition) is 11. The van der Waals surface area contributed by atoms with Gasteiger partial charge in [-0.05, 0) is 54.7 Å². The van der Waals surface area contributed by atoms with Crippen molar-refractivity contribution >= 4 is 17.6 Å². The van der Waals surface area contributed by atoms with Gasteiger partial charge in [-0.3, -0.25) is 15.1 Å². The molecular formula is C39H40ClN5O7. The second-order valence-electron chi connectivity index (χ2n) is 12.4. The van der Waals surface area contributed by atoms with E-state index in [2.05, 4.69) is 21.3 Å². The van der Waals surface area contributed by atoms with Crippen LogP contribution in [0.1, 0.15) is 46.2 Å². The molecule has 4 N–H and O–H groups in total. The van der Waals surface area contributed by atoms with Gasteiger partial charge in [0.05, 0.1) is 29.9 Å². The second kappa shape index (κ2) is 18.3. The number of β-amino-alcohol motifs (C(OH)–C–C–N with tert-alkyl or cyclic N) is 1. The number of hydrogen-bond donors (Lipinski definition) is 4. The lowest BCUT2D eigenvalue weighted by atomic mass is 9.93. The average Bonchev–Trinajstić information content (AvgIpc) is 3.57. The number of likely N-dealkylation sites (tertiary alicyclic amines) is 1. The first-order valence-corrected chi connectivity index (χ1v) is 17.2. The van der Waals surface area contributed by atoms with Crippen molar-refractivity contribution in [3.8, 4) is 40.5 Å². The third-order valence-corrected chi connectivity index (χ3v) is 9.13. The zero-order chi connectivity index (χ0) is 37.0.